The van der Waals surface area contributed by atoms with Gasteiger partial charge in [-0.3, -0.25) is 28.8 Å². The van der Waals surface area contributed by atoms with Crippen molar-refractivity contribution in [3.8, 4) is 11.5 Å². The molecule has 5 N–H and O–H groups in total. The molecule has 1 aromatic carbocycles. The average Bonchev–Trinajstić information content (AvgIpc) is 3.48. The number of aliphatic hydroxyl groups excluding tert-OH is 2. The van der Waals surface area contributed by atoms with Crippen LogP contribution in [0.4, 0.5) is 0 Å². The Morgan fingerprint density at radius 1 is 1.04 bits per heavy atom. The van der Waals surface area contributed by atoms with Gasteiger partial charge < -0.3 is 29.9 Å². The smallest absolute Gasteiger partial charge is 0.260 e. The van der Waals surface area contributed by atoms with Crippen LogP contribution in [0.25, 0.3) is 22.3 Å². The van der Waals surface area contributed by atoms with E-state index in [1.165, 1.54) is 12.3 Å². The predicted molar refractivity (Wildman–Crippen MR) is 163 cm³/mol. The Kier molecular flexibility index (Phi) is 6.67. The highest BCUT2D eigenvalue weighted by atomic mass is 35.5. The van der Waals surface area contributed by atoms with E-state index >= 15 is 0 Å². The Morgan fingerprint density at radius 3 is 2.31 bits per heavy atom. The number of aromatic amines is 1. The Morgan fingerprint density at radius 2 is 1.69 bits per heavy atom. The molecular formula is C30H23ClN4O10. The van der Waals surface area contributed by atoms with Gasteiger partial charge in [-0.05, 0) is 38.6 Å². The van der Waals surface area contributed by atoms with Crippen LogP contribution in [-0.2, 0) is 16.6 Å². The lowest BCUT2D eigenvalue weighted by atomic mass is 9.78. The Bertz CT molecular complexity index is 2530. The molecule has 0 aliphatic heterocycles. The molecule has 0 unspecified atom stereocenters. The number of rotatable bonds is 5. The largest absolute Gasteiger partial charge is 0.510 e. The Hall–Kier alpha value is -5.34. The molecule has 1 atom stereocenters. The number of fused-ring (bicyclic) bond motifs is 4. The predicted octanol–water partition coefficient (Wildman–Crippen LogP) is -1.82. The second-order valence-corrected chi connectivity index (χ2v) is 11.4. The molecule has 0 saturated heterocycles. The number of likely N-dealkylation sites (N-methyl/N-ethyl adjacent to an activating group) is 1. The summed E-state index contributed by atoms with van der Waals surface area (Å²) in [4.78, 5) is 82.2. The molecule has 0 radical (unpaired) electrons. The number of aromatic hydroxyl groups is 1. The van der Waals surface area contributed by atoms with E-state index in [0.29, 0.717) is 0 Å². The lowest BCUT2D eigenvalue weighted by Gasteiger charge is -2.27. The highest BCUT2D eigenvalue weighted by molar-refractivity contribution is 6.37. The number of hydrogen-bond donors (Lipinski definition) is 5. The molecule has 45 heavy (non-hydrogen) atoms. The zero-order valence-electron chi connectivity index (χ0n) is 23.8. The minimum Gasteiger partial charge on any atom is -0.510 e. The van der Waals surface area contributed by atoms with Crippen molar-refractivity contribution in [1.29, 1.82) is 0 Å². The third-order valence-electron chi connectivity index (χ3n) is 8.23. The van der Waals surface area contributed by atoms with Crippen molar-refractivity contribution in [3.63, 3.8) is 0 Å². The fourth-order valence-corrected chi connectivity index (χ4v) is 6.72. The van der Waals surface area contributed by atoms with Crippen molar-refractivity contribution in [2.45, 2.75) is 18.3 Å². The number of ether oxygens (including phenoxy) is 1. The molecule has 0 saturated carbocycles. The number of carbonyl (C=O) groups is 1. The number of hydrazone groups is 1. The number of nitrogens with one attached hydrogen (secondary N) is 2. The summed E-state index contributed by atoms with van der Waals surface area (Å²) in [5, 5.41) is 35.3. The van der Waals surface area contributed by atoms with E-state index in [1.807, 2.05) is 0 Å². The standard InChI is InChI=1S/C30H23ClN4O10/c1-35(2)9-15(37)34-32-8-10-6-12-16(29(44)33-10)26(41)21-11(22(12)31)4-5-30(21)27(42)19-20(28(30)43)25(40)18-17(24(19)39)13(36)7-14(45-3)23(18)38/h6-8,41-43H,4-5,9H2,1-3H3,(H,33,44)(H,34,37)/b32-8+/t30-/m0/s1. The molecule has 0 bridgehead atoms. The van der Waals surface area contributed by atoms with Crippen molar-refractivity contribution in [2.24, 2.45) is 5.10 Å². The minimum atomic E-state index is -2.09. The van der Waals surface area contributed by atoms with Crippen LogP contribution in [0.5, 0.6) is 11.5 Å². The number of amides is 1. The van der Waals surface area contributed by atoms with Crippen molar-refractivity contribution >= 4 is 46.0 Å². The molecule has 14 nitrogen and oxygen atoms in total. The number of phenols is 1. The molecular weight excluding hydrogens is 612 g/mol. The molecule has 230 valence electrons. The van der Waals surface area contributed by atoms with Crippen LogP contribution in [0.15, 0.2) is 41.2 Å². The number of carbonyl (C=O) groups excluding carboxylic acids is 1. The van der Waals surface area contributed by atoms with E-state index in [0.717, 1.165) is 13.2 Å². The van der Waals surface area contributed by atoms with Crippen molar-refractivity contribution in [1.82, 2.24) is 15.3 Å². The van der Waals surface area contributed by atoms with Gasteiger partial charge in [0.1, 0.15) is 22.7 Å². The molecule has 1 heterocycles. The van der Waals surface area contributed by atoms with E-state index in [2.05, 4.69) is 15.5 Å². The van der Waals surface area contributed by atoms with Gasteiger partial charge in [0.2, 0.25) is 16.3 Å². The summed E-state index contributed by atoms with van der Waals surface area (Å²) < 4.78 is 4.89. The number of pyridine rings is 1. The number of phenolic OH excluding ortho intramolecular Hbond substituents is 1. The zero-order chi connectivity index (χ0) is 32.7. The number of aromatic nitrogens is 1. The number of halogens is 1. The fraction of sp³-hybridized carbons (Fsp3) is 0.233. The number of nitrogens with zero attached hydrogens (tertiary/aromatic N) is 2. The number of aliphatic hydroxyl groups is 2. The monoisotopic (exact) mass is 634 g/mol. The molecule has 0 fully saturated rings. The van der Waals surface area contributed by atoms with Gasteiger partial charge in [-0.25, -0.2) is 5.43 Å². The van der Waals surface area contributed by atoms with Gasteiger partial charge in [-0.2, -0.15) is 5.10 Å². The maximum Gasteiger partial charge on any atom is 0.260 e. The van der Waals surface area contributed by atoms with Crippen LogP contribution in [0.3, 0.4) is 0 Å². The Balaban J connectivity index is 1.62. The minimum absolute atomic E-state index is 0.00588. The normalized spacial score (nSPS) is 17.3. The molecule has 15 heteroatoms. The van der Waals surface area contributed by atoms with E-state index in [1.54, 1.807) is 19.0 Å². The van der Waals surface area contributed by atoms with Crippen LogP contribution in [0.1, 0.15) is 23.2 Å². The summed E-state index contributed by atoms with van der Waals surface area (Å²) in [5.41, 5.74) is -4.88. The van der Waals surface area contributed by atoms with E-state index in [4.69, 9.17) is 16.3 Å². The number of hydrogen-bond acceptors (Lipinski definition) is 12. The summed E-state index contributed by atoms with van der Waals surface area (Å²) in [6, 6.07) is 2.16. The van der Waals surface area contributed by atoms with Crippen LogP contribution in [-0.4, -0.2) is 65.1 Å². The van der Waals surface area contributed by atoms with Gasteiger partial charge in [-0.15, -0.1) is 0 Å². The van der Waals surface area contributed by atoms with Gasteiger partial charge in [0.05, 0.1) is 56.8 Å². The Labute approximate surface area is 254 Å². The van der Waals surface area contributed by atoms with Gasteiger partial charge >= 0.3 is 0 Å². The first-order valence-electron chi connectivity index (χ1n) is 13.4. The molecule has 6 rings (SSSR count). The fourth-order valence-electron chi connectivity index (χ4n) is 6.38. The second-order valence-electron chi connectivity index (χ2n) is 11.1. The lowest BCUT2D eigenvalue weighted by molar-refractivity contribution is -0.121. The topological polar surface area (TPSA) is 216 Å². The molecule has 1 spiro atoms. The number of benzene rings is 1. The number of methoxy groups -OCH3 is 1. The third-order valence-corrected chi connectivity index (χ3v) is 8.66. The van der Waals surface area contributed by atoms with Crippen LogP contribution in [0, 0.1) is 10.4 Å². The maximum atomic E-state index is 13.6. The SMILES string of the molecule is COc1cc(=O)c2c(=O)c3c(c(=O)c=2c1=O)=C(O)[C@]1(CCc2c1c(O)c1c(=O)[nH]c(/C=N/NC(=O)CN(C)C)cc1c2Cl)C=3O. The first-order chi connectivity index (χ1) is 21.3. The van der Waals surface area contributed by atoms with E-state index in [9.17, 15) is 44.1 Å². The second kappa shape index (κ2) is 10.1. The van der Waals surface area contributed by atoms with Crippen molar-refractivity contribution in [3.05, 3.63) is 106 Å². The van der Waals surface area contributed by atoms with E-state index in [-0.39, 0.29) is 52.0 Å². The third kappa shape index (κ3) is 3.95. The van der Waals surface area contributed by atoms with Crippen molar-refractivity contribution < 1.29 is 24.9 Å². The molecule has 4 aliphatic rings. The van der Waals surface area contributed by atoms with Crippen LogP contribution >= 0.6 is 11.6 Å². The van der Waals surface area contributed by atoms with Crippen LogP contribution in [0.2, 0.25) is 5.02 Å². The van der Waals surface area contributed by atoms with Gasteiger partial charge in [0.15, 0.2) is 11.2 Å². The number of H-pyrrole nitrogens is 1. The molecule has 1 aromatic heterocycles. The van der Waals surface area contributed by atoms with Gasteiger partial charge in [0, 0.05) is 17.0 Å². The summed E-state index contributed by atoms with van der Waals surface area (Å²) in [7, 11) is 4.50. The van der Waals surface area contributed by atoms with E-state index < -0.39 is 82.5 Å². The summed E-state index contributed by atoms with van der Waals surface area (Å²) in [5.74, 6) is -3.25. The first-order valence-corrected chi connectivity index (χ1v) is 13.8. The molecule has 1 amide bonds. The highest BCUT2D eigenvalue weighted by Crippen LogP contribution is 2.56. The molecule has 2 aromatic rings. The average molecular weight is 635 g/mol. The lowest BCUT2D eigenvalue weighted by Crippen LogP contribution is -2.51. The first kappa shape index (κ1) is 29.7. The summed E-state index contributed by atoms with van der Waals surface area (Å²) in [6.45, 7) is 0.0682. The van der Waals surface area contributed by atoms with Gasteiger partial charge in [-0.1, -0.05) is 11.6 Å². The highest BCUT2D eigenvalue weighted by Gasteiger charge is 2.53. The van der Waals surface area contributed by atoms with Gasteiger partial charge in [0.25, 0.3) is 11.5 Å². The quantitative estimate of drug-likeness (QED) is 0.122. The molecule has 4 aliphatic carbocycles. The van der Waals surface area contributed by atoms with Crippen molar-refractivity contribution in [2.75, 3.05) is 27.7 Å². The maximum absolute atomic E-state index is 13.6. The zero-order valence-corrected chi connectivity index (χ0v) is 24.6. The summed E-state index contributed by atoms with van der Waals surface area (Å²) in [6.07, 6.45) is 0.977. The van der Waals surface area contributed by atoms with Crippen LogP contribution < -0.4 is 47.9 Å². The summed E-state index contributed by atoms with van der Waals surface area (Å²) >= 11 is 6.75.